The van der Waals surface area contributed by atoms with Gasteiger partial charge in [-0.05, 0) is 37.1 Å². The minimum Gasteiger partial charge on any atom is -0.495 e. The summed E-state index contributed by atoms with van der Waals surface area (Å²) in [6, 6.07) is 6.10. The summed E-state index contributed by atoms with van der Waals surface area (Å²) in [5, 5.41) is 4.41. The molecular weight excluding hydrogens is 396 g/mol. The van der Waals surface area contributed by atoms with Crippen molar-refractivity contribution in [1.82, 2.24) is 14.5 Å². The van der Waals surface area contributed by atoms with Crippen molar-refractivity contribution in [3.05, 3.63) is 48.1 Å². The molecule has 2 aromatic rings. The van der Waals surface area contributed by atoms with Crippen molar-refractivity contribution in [3.63, 3.8) is 0 Å². The molecule has 0 N–H and O–H groups in total. The number of amidine groups is 1. The Bertz CT molecular complexity index is 947. The Balaban J connectivity index is 1.53. The first-order valence-electron chi connectivity index (χ1n) is 10.6. The van der Waals surface area contributed by atoms with Gasteiger partial charge >= 0.3 is 0 Å². The molecule has 4 rings (SSSR count). The average molecular weight is 427 g/mol. The van der Waals surface area contributed by atoms with Crippen LogP contribution in [0.3, 0.4) is 0 Å². The fraction of sp³-hybridized carbons (Fsp3) is 0.478. The first kappa shape index (κ1) is 21.4. The minimum atomic E-state index is -0.410. The van der Waals surface area contributed by atoms with Gasteiger partial charge in [0.25, 0.3) is 0 Å². The zero-order valence-electron chi connectivity index (χ0n) is 18.4. The van der Waals surface area contributed by atoms with Crippen LogP contribution in [-0.2, 0) is 14.3 Å². The summed E-state index contributed by atoms with van der Waals surface area (Å²) >= 11 is 0. The number of aromatic nitrogens is 2. The van der Waals surface area contributed by atoms with E-state index in [1.807, 2.05) is 42.0 Å². The summed E-state index contributed by atoms with van der Waals surface area (Å²) in [5.41, 5.74) is 2.52. The highest BCUT2D eigenvalue weighted by Gasteiger charge is 2.46. The van der Waals surface area contributed by atoms with E-state index >= 15 is 0 Å². The lowest BCUT2D eigenvalue weighted by atomic mass is 10.0. The second-order valence-corrected chi connectivity index (χ2v) is 7.78. The van der Waals surface area contributed by atoms with Gasteiger partial charge < -0.3 is 28.5 Å². The number of ether oxygens (including phenoxy) is 3. The zero-order valence-corrected chi connectivity index (χ0v) is 18.4. The number of benzene rings is 1. The third kappa shape index (κ3) is 4.60. The maximum absolute atomic E-state index is 5.96. The molecule has 1 aromatic carbocycles. The summed E-state index contributed by atoms with van der Waals surface area (Å²) < 4.78 is 18.4. The molecule has 166 valence electrons. The molecule has 0 radical (unpaired) electrons. The molecule has 0 atom stereocenters. The summed E-state index contributed by atoms with van der Waals surface area (Å²) in [4.78, 5) is 12.5. The zero-order chi connectivity index (χ0) is 21.7. The maximum Gasteiger partial charge on any atom is 0.215 e. The highest BCUT2D eigenvalue weighted by molar-refractivity contribution is 5.97. The SMILES string of the molecule is COCCCN1C(/C=C/c2ccc(-n3cnc(C)c3)c(OC)c2)=NOC12CCOCC2. The number of hydrogen-bond donors (Lipinski definition) is 0. The lowest BCUT2D eigenvalue weighted by molar-refractivity contribution is -0.154. The molecule has 1 aromatic heterocycles. The number of nitrogens with zero attached hydrogens (tertiary/aromatic N) is 4. The minimum absolute atomic E-state index is 0.410. The first-order valence-corrected chi connectivity index (χ1v) is 10.6. The Morgan fingerprint density at radius 1 is 1.19 bits per heavy atom. The van der Waals surface area contributed by atoms with E-state index in [1.165, 1.54) is 0 Å². The van der Waals surface area contributed by atoms with Crippen molar-refractivity contribution in [2.75, 3.05) is 40.6 Å². The number of hydrogen-bond acceptors (Lipinski definition) is 7. The largest absolute Gasteiger partial charge is 0.495 e. The molecule has 0 bridgehead atoms. The number of imidazole rings is 1. The normalized spacial score (nSPS) is 17.9. The van der Waals surface area contributed by atoms with Gasteiger partial charge in [-0.25, -0.2) is 4.98 Å². The molecular formula is C23H30N4O4. The Hall–Kier alpha value is -2.84. The molecule has 0 saturated carbocycles. The van der Waals surface area contributed by atoms with Gasteiger partial charge in [0.15, 0.2) is 5.84 Å². The van der Waals surface area contributed by atoms with E-state index in [0.29, 0.717) is 19.8 Å². The van der Waals surface area contributed by atoms with Gasteiger partial charge in [0.1, 0.15) is 5.75 Å². The molecule has 1 spiro atoms. The van der Waals surface area contributed by atoms with Crippen LogP contribution in [-0.4, -0.2) is 66.6 Å². The van der Waals surface area contributed by atoms with Gasteiger partial charge in [-0.3, -0.25) is 0 Å². The predicted octanol–water partition coefficient (Wildman–Crippen LogP) is 3.39. The second kappa shape index (κ2) is 9.53. The van der Waals surface area contributed by atoms with Crippen molar-refractivity contribution in [2.24, 2.45) is 5.16 Å². The molecule has 2 aliphatic heterocycles. The van der Waals surface area contributed by atoms with Gasteiger partial charge in [0, 0.05) is 39.3 Å². The number of aryl methyl sites for hydroxylation is 1. The van der Waals surface area contributed by atoms with Crippen LogP contribution in [0.4, 0.5) is 0 Å². The van der Waals surface area contributed by atoms with E-state index in [-0.39, 0.29) is 0 Å². The summed E-state index contributed by atoms with van der Waals surface area (Å²) in [6.07, 6.45) is 10.3. The van der Waals surface area contributed by atoms with Gasteiger partial charge in [0.05, 0.1) is 38.0 Å². The van der Waals surface area contributed by atoms with E-state index in [0.717, 1.165) is 54.3 Å². The Labute approximate surface area is 183 Å². The van der Waals surface area contributed by atoms with E-state index < -0.39 is 5.72 Å². The smallest absolute Gasteiger partial charge is 0.215 e. The van der Waals surface area contributed by atoms with Gasteiger partial charge in [-0.1, -0.05) is 17.3 Å². The third-order valence-electron chi connectivity index (χ3n) is 5.70. The van der Waals surface area contributed by atoms with E-state index in [2.05, 4.69) is 21.1 Å². The van der Waals surface area contributed by atoms with Crippen LogP contribution in [0.1, 0.15) is 30.5 Å². The molecule has 1 saturated heterocycles. The van der Waals surface area contributed by atoms with Crippen LogP contribution in [0, 0.1) is 6.92 Å². The molecule has 8 heteroatoms. The van der Waals surface area contributed by atoms with Crippen LogP contribution < -0.4 is 4.74 Å². The first-order chi connectivity index (χ1) is 15.1. The van der Waals surface area contributed by atoms with E-state index in [9.17, 15) is 0 Å². The molecule has 31 heavy (non-hydrogen) atoms. The predicted molar refractivity (Wildman–Crippen MR) is 118 cm³/mol. The molecule has 2 aliphatic rings. The number of rotatable bonds is 8. The van der Waals surface area contributed by atoms with Crippen LogP contribution >= 0.6 is 0 Å². The summed E-state index contributed by atoms with van der Waals surface area (Å²) in [5.74, 6) is 1.60. The highest BCUT2D eigenvalue weighted by atomic mass is 16.7. The number of oxime groups is 1. The maximum atomic E-state index is 5.96. The lowest BCUT2D eigenvalue weighted by Crippen LogP contribution is -2.52. The van der Waals surface area contributed by atoms with Crippen LogP contribution in [0.25, 0.3) is 11.8 Å². The molecule has 1 fully saturated rings. The van der Waals surface area contributed by atoms with Crippen molar-refractivity contribution in [1.29, 1.82) is 0 Å². The third-order valence-corrected chi connectivity index (χ3v) is 5.70. The van der Waals surface area contributed by atoms with Crippen LogP contribution in [0.2, 0.25) is 0 Å². The van der Waals surface area contributed by atoms with Crippen LogP contribution in [0.15, 0.2) is 42.0 Å². The second-order valence-electron chi connectivity index (χ2n) is 7.78. The van der Waals surface area contributed by atoms with Gasteiger partial charge in [-0.15, -0.1) is 0 Å². The Morgan fingerprint density at radius 3 is 2.74 bits per heavy atom. The van der Waals surface area contributed by atoms with E-state index in [4.69, 9.17) is 19.0 Å². The average Bonchev–Trinajstić information content (AvgIpc) is 3.37. The van der Waals surface area contributed by atoms with Crippen molar-refractivity contribution >= 4 is 11.9 Å². The molecule has 3 heterocycles. The Kier molecular flexibility index (Phi) is 6.58. The van der Waals surface area contributed by atoms with Crippen molar-refractivity contribution in [3.8, 4) is 11.4 Å². The molecule has 0 amide bonds. The quantitative estimate of drug-likeness (QED) is 0.603. The summed E-state index contributed by atoms with van der Waals surface area (Å²) in [6.45, 7) is 4.85. The van der Waals surface area contributed by atoms with Gasteiger partial charge in [-0.2, -0.15) is 0 Å². The number of methoxy groups -OCH3 is 2. The highest BCUT2D eigenvalue weighted by Crippen LogP contribution is 2.35. The van der Waals surface area contributed by atoms with Crippen molar-refractivity contribution in [2.45, 2.75) is 31.9 Å². The fourth-order valence-electron chi connectivity index (χ4n) is 4.03. The molecule has 0 aliphatic carbocycles. The van der Waals surface area contributed by atoms with Gasteiger partial charge in [0.2, 0.25) is 5.72 Å². The fourth-order valence-corrected chi connectivity index (χ4v) is 4.03. The summed E-state index contributed by atoms with van der Waals surface area (Å²) in [7, 11) is 3.40. The van der Waals surface area contributed by atoms with Crippen LogP contribution in [0.5, 0.6) is 5.75 Å². The molecule has 0 unspecified atom stereocenters. The topological polar surface area (TPSA) is 70.3 Å². The monoisotopic (exact) mass is 426 g/mol. The Morgan fingerprint density at radius 2 is 2.03 bits per heavy atom. The standard InChI is InChI=1S/C23H30N4O4/c1-18-16-26(17-24-18)20-7-5-19(15-21(20)29-3)6-8-22-25-31-23(9-13-30-14-10-23)27(22)11-4-12-28-2/h5-8,15-17H,4,9-14H2,1-3H3/b8-6+. The van der Waals surface area contributed by atoms with Crippen molar-refractivity contribution < 1.29 is 19.0 Å². The van der Waals surface area contributed by atoms with E-state index in [1.54, 1.807) is 20.5 Å². The molecule has 8 nitrogen and oxygen atoms in total. The lowest BCUT2D eigenvalue weighted by Gasteiger charge is -2.39.